The van der Waals surface area contributed by atoms with E-state index in [9.17, 15) is 0 Å². The molecule has 1 aromatic heterocycles. The molecule has 0 amide bonds. The lowest BCUT2D eigenvalue weighted by Crippen LogP contribution is -2.28. The van der Waals surface area contributed by atoms with E-state index in [0.717, 1.165) is 19.6 Å². The molecular formula is C9H13N3O. The van der Waals surface area contributed by atoms with Gasteiger partial charge in [-0.1, -0.05) is 0 Å². The van der Waals surface area contributed by atoms with Gasteiger partial charge < -0.3 is 10.5 Å². The van der Waals surface area contributed by atoms with Gasteiger partial charge in [0, 0.05) is 24.9 Å². The number of aromatic nitrogens is 2. The first-order valence-corrected chi connectivity index (χ1v) is 4.40. The normalized spacial score (nSPS) is 18.1. The molecule has 4 nitrogen and oxygen atoms in total. The third kappa shape index (κ3) is 1.89. The fourth-order valence-electron chi connectivity index (χ4n) is 1.40. The Kier molecular flexibility index (Phi) is 2.31. The second kappa shape index (κ2) is 3.62. The van der Waals surface area contributed by atoms with Crippen molar-refractivity contribution < 1.29 is 4.74 Å². The van der Waals surface area contributed by atoms with E-state index in [1.54, 1.807) is 12.5 Å². The highest BCUT2D eigenvalue weighted by molar-refractivity contribution is 5.10. The van der Waals surface area contributed by atoms with Crippen LogP contribution in [0.25, 0.3) is 0 Å². The maximum atomic E-state index is 5.96. The number of nitrogens with zero attached hydrogens (tertiary/aromatic N) is 2. The van der Waals surface area contributed by atoms with E-state index in [2.05, 4.69) is 5.10 Å². The van der Waals surface area contributed by atoms with E-state index >= 15 is 0 Å². The van der Waals surface area contributed by atoms with Crippen LogP contribution in [0.1, 0.15) is 6.42 Å². The molecule has 2 rings (SSSR count). The fourth-order valence-corrected chi connectivity index (χ4v) is 1.40. The molecule has 0 saturated carbocycles. The Morgan fingerprint density at radius 2 is 2.62 bits per heavy atom. The van der Waals surface area contributed by atoms with Crippen LogP contribution in [-0.4, -0.2) is 22.4 Å². The number of hydrogen-bond donors (Lipinski definition) is 1. The Balaban J connectivity index is 1.95. The predicted molar refractivity (Wildman–Crippen MR) is 48.9 cm³/mol. The summed E-state index contributed by atoms with van der Waals surface area (Å²) >= 11 is 0. The summed E-state index contributed by atoms with van der Waals surface area (Å²) in [4.78, 5) is 0. The van der Waals surface area contributed by atoms with Crippen molar-refractivity contribution in [3.05, 3.63) is 30.3 Å². The molecule has 0 aromatic carbocycles. The Hall–Kier alpha value is -1.29. The van der Waals surface area contributed by atoms with E-state index in [0.29, 0.717) is 0 Å². The molecule has 4 heteroatoms. The van der Waals surface area contributed by atoms with Gasteiger partial charge in [0.1, 0.15) is 0 Å². The molecule has 13 heavy (non-hydrogen) atoms. The zero-order valence-electron chi connectivity index (χ0n) is 7.39. The fraction of sp³-hybridized carbons (Fsp3) is 0.444. The Morgan fingerprint density at radius 1 is 1.69 bits per heavy atom. The molecule has 1 aliphatic rings. The Morgan fingerprint density at radius 3 is 3.23 bits per heavy atom. The average molecular weight is 179 g/mol. The van der Waals surface area contributed by atoms with Crippen molar-refractivity contribution >= 4 is 0 Å². The molecule has 0 bridgehead atoms. The summed E-state index contributed by atoms with van der Waals surface area (Å²) in [5.41, 5.74) is 7.14. The van der Waals surface area contributed by atoms with E-state index in [-0.39, 0.29) is 6.04 Å². The minimum atomic E-state index is 0.0300. The molecule has 1 unspecified atom stereocenters. The topological polar surface area (TPSA) is 53.1 Å². The molecule has 0 fully saturated rings. The molecule has 0 radical (unpaired) electrons. The summed E-state index contributed by atoms with van der Waals surface area (Å²) in [5.74, 6) is 0. The first-order chi connectivity index (χ1) is 6.36. The Labute approximate surface area is 77.0 Å². The largest absolute Gasteiger partial charge is 0.501 e. The van der Waals surface area contributed by atoms with Gasteiger partial charge in [0.05, 0.1) is 19.4 Å². The first-order valence-electron chi connectivity index (χ1n) is 4.40. The van der Waals surface area contributed by atoms with Crippen LogP contribution < -0.4 is 5.73 Å². The number of ether oxygens (including phenoxy) is 1. The van der Waals surface area contributed by atoms with Crippen molar-refractivity contribution in [2.45, 2.75) is 19.0 Å². The van der Waals surface area contributed by atoms with Crippen molar-refractivity contribution in [1.29, 1.82) is 0 Å². The lowest BCUT2D eigenvalue weighted by molar-refractivity contribution is 0.281. The molecule has 1 aromatic rings. The van der Waals surface area contributed by atoms with E-state index in [1.165, 1.54) is 5.57 Å². The monoisotopic (exact) mass is 179 g/mol. The van der Waals surface area contributed by atoms with Gasteiger partial charge in [0.15, 0.2) is 0 Å². The van der Waals surface area contributed by atoms with E-state index in [1.807, 2.05) is 16.9 Å². The molecule has 2 heterocycles. The quantitative estimate of drug-likeness (QED) is 0.735. The number of nitrogens with two attached hydrogens (primary N) is 1. The van der Waals surface area contributed by atoms with E-state index < -0.39 is 0 Å². The molecule has 1 aliphatic heterocycles. The van der Waals surface area contributed by atoms with Gasteiger partial charge in [-0.25, -0.2) is 0 Å². The third-order valence-electron chi connectivity index (χ3n) is 2.16. The van der Waals surface area contributed by atoms with Gasteiger partial charge in [-0.05, 0) is 11.6 Å². The summed E-state index contributed by atoms with van der Waals surface area (Å²) in [6, 6.07) is 1.93. The first kappa shape index (κ1) is 8.31. The lowest BCUT2D eigenvalue weighted by Gasteiger charge is -2.11. The molecule has 2 N–H and O–H groups in total. The molecule has 0 aliphatic carbocycles. The highest BCUT2D eigenvalue weighted by atomic mass is 16.5. The minimum Gasteiger partial charge on any atom is -0.501 e. The van der Waals surface area contributed by atoms with Crippen molar-refractivity contribution in [2.24, 2.45) is 5.73 Å². The molecule has 70 valence electrons. The zero-order valence-corrected chi connectivity index (χ0v) is 7.39. The van der Waals surface area contributed by atoms with Crippen LogP contribution in [0.3, 0.4) is 0 Å². The van der Waals surface area contributed by atoms with Crippen molar-refractivity contribution in [3.8, 4) is 0 Å². The van der Waals surface area contributed by atoms with Crippen molar-refractivity contribution in [2.75, 3.05) is 6.61 Å². The molecule has 1 atom stereocenters. The summed E-state index contributed by atoms with van der Waals surface area (Å²) in [6.07, 6.45) is 6.39. The van der Waals surface area contributed by atoms with Gasteiger partial charge in [-0.15, -0.1) is 0 Å². The van der Waals surface area contributed by atoms with Crippen LogP contribution in [0.5, 0.6) is 0 Å². The van der Waals surface area contributed by atoms with Crippen molar-refractivity contribution in [1.82, 2.24) is 9.78 Å². The summed E-state index contributed by atoms with van der Waals surface area (Å²) in [6.45, 7) is 1.49. The van der Waals surface area contributed by atoms with Crippen LogP contribution in [0.15, 0.2) is 30.3 Å². The van der Waals surface area contributed by atoms with Crippen LogP contribution >= 0.6 is 0 Å². The van der Waals surface area contributed by atoms with Crippen LogP contribution in [-0.2, 0) is 11.3 Å². The predicted octanol–water partition coefficient (Wildman–Crippen LogP) is 0.515. The number of hydrogen-bond acceptors (Lipinski definition) is 3. The Bertz CT molecular complexity index is 292. The third-order valence-corrected chi connectivity index (χ3v) is 2.16. The second-order valence-electron chi connectivity index (χ2n) is 3.15. The summed E-state index contributed by atoms with van der Waals surface area (Å²) in [5, 5.41) is 4.10. The van der Waals surface area contributed by atoms with Crippen LogP contribution in [0, 0.1) is 0 Å². The smallest absolute Gasteiger partial charge is 0.0912 e. The van der Waals surface area contributed by atoms with E-state index in [4.69, 9.17) is 10.5 Å². The van der Waals surface area contributed by atoms with Gasteiger partial charge in [-0.2, -0.15) is 5.10 Å². The van der Waals surface area contributed by atoms with Crippen LogP contribution in [0.2, 0.25) is 0 Å². The average Bonchev–Trinajstić information content (AvgIpc) is 2.74. The van der Waals surface area contributed by atoms with Gasteiger partial charge in [0.25, 0.3) is 0 Å². The maximum absolute atomic E-state index is 5.96. The van der Waals surface area contributed by atoms with Crippen LogP contribution in [0.4, 0.5) is 0 Å². The molecular weight excluding hydrogens is 166 g/mol. The lowest BCUT2D eigenvalue weighted by atomic mass is 10.1. The molecule has 0 spiro atoms. The molecule has 0 saturated heterocycles. The van der Waals surface area contributed by atoms with Gasteiger partial charge in [0.2, 0.25) is 0 Å². The summed E-state index contributed by atoms with van der Waals surface area (Å²) < 4.78 is 6.96. The van der Waals surface area contributed by atoms with Crippen molar-refractivity contribution in [3.63, 3.8) is 0 Å². The zero-order chi connectivity index (χ0) is 9.10. The SMILES string of the molecule is NC(Cn1cccn1)C1=COCC1. The summed E-state index contributed by atoms with van der Waals surface area (Å²) in [7, 11) is 0. The van der Waals surface area contributed by atoms with Gasteiger partial charge >= 0.3 is 0 Å². The highest BCUT2D eigenvalue weighted by Crippen LogP contribution is 2.13. The minimum absolute atomic E-state index is 0.0300. The van der Waals surface area contributed by atoms with Gasteiger partial charge in [-0.3, -0.25) is 4.68 Å². The second-order valence-corrected chi connectivity index (χ2v) is 3.15. The number of rotatable bonds is 3. The highest BCUT2D eigenvalue weighted by Gasteiger charge is 2.14. The standard InChI is InChI=1S/C9H13N3O/c10-9(8-2-5-13-7-8)6-12-4-1-3-11-12/h1,3-4,7,9H,2,5-6,10H2. The maximum Gasteiger partial charge on any atom is 0.0912 e.